The predicted molar refractivity (Wildman–Crippen MR) is 131 cm³/mol. The van der Waals surface area contributed by atoms with Gasteiger partial charge in [0.2, 0.25) is 5.88 Å². The number of aromatic amines is 1. The summed E-state index contributed by atoms with van der Waals surface area (Å²) in [6, 6.07) is 13.1. The molecular weight excluding hydrogens is 474 g/mol. The number of nitro groups is 1. The minimum atomic E-state index is -4.30. The van der Waals surface area contributed by atoms with Gasteiger partial charge in [-0.05, 0) is 55.8 Å². The molecule has 1 aromatic heterocycles. The summed E-state index contributed by atoms with van der Waals surface area (Å²) in [6.45, 7) is 3.77. The lowest BCUT2D eigenvalue weighted by Gasteiger charge is -2.10. The van der Waals surface area contributed by atoms with Gasteiger partial charge in [0, 0.05) is 23.2 Å². The number of ether oxygens (including phenoxy) is 1. The normalized spacial score (nSPS) is 11.7. The smallest absolute Gasteiger partial charge is 0.270 e. The van der Waals surface area contributed by atoms with E-state index in [1.165, 1.54) is 25.3 Å². The maximum absolute atomic E-state index is 13.2. The first-order valence-corrected chi connectivity index (χ1v) is 11.8. The SMILES string of the molecule is COc1ccc(NS(=O)(=O)c2cc([N+](=O)[O-])ccc2N=Nc2c(O)[nH]c3c(C)cc(C)cc23)cc1. The van der Waals surface area contributed by atoms with E-state index in [1.807, 2.05) is 26.0 Å². The first kappa shape index (κ1) is 23.7. The van der Waals surface area contributed by atoms with Crippen molar-refractivity contribution in [2.24, 2.45) is 10.2 Å². The van der Waals surface area contributed by atoms with Gasteiger partial charge < -0.3 is 14.8 Å². The zero-order valence-electron chi connectivity index (χ0n) is 18.9. The zero-order chi connectivity index (χ0) is 25.3. The largest absolute Gasteiger partial charge is 0.497 e. The second kappa shape index (κ2) is 9.06. The Morgan fingerprint density at radius 3 is 2.43 bits per heavy atom. The number of rotatable bonds is 7. The number of methoxy groups -OCH3 is 1. The summed E-state index contributed by atoms with van der Waals surface area (Å²) in [5, 5.41) is 30.4. The van der Waals surface area contributed by atoms with Gasteiger partial charge in [-0.25, -0.2) is 8.42 Å². The Labute approximate surface area is 200 Å². The number of sulfonamides is 1. The number of nitrogens with one attached hydrogen (secondary N) is 2. The average molecular weight is 496 g/mol. The van der Waals surface area contributed by atoms with Gasteiger partial charge in [-0.15, -0.1) is 10.2 Å². The first-order valence-electron chi connectivity index (χ1n) is 10.3. The molecule has 11 nitrogen and oxygen atoms in total. The Bertz CT molecular complexity index is 1580. The number of aryl methyl sites for hydroxylation is 2. The van der Waals surface area contributed by atoms with Gasteiger partial charge in [0.1, 0.15) is 16.3 Å². The van der Waals surface area contributed by atoms with Gasteiger partial charge in [-0.3, -0.25) is 14.8 Å². The standard InChI is InChI=1S/C23H21N5O6S/c1-13-10-14(2)21-18(11-13)22(23(29)24-21)26-25-19-9-6-16(28(30)31)12-20(19)35(32,33)27-15-4-7-17(34-3)8-5-15/h4-12,24,27,29H,1-3H3. The van der Waals surface area contributed by atoms with Crippen molar-refractivity contribution in [3.8, 4) is 11.6 Å². The molecule has 180 valence electrons. The van der Waals surface area contributed by atoms with Gasteiger partial charge in [0.05, 0.1) is 17.5 Å². The third-order valence-corrected chi connectivity index (χ3v) is 6.66. The number of aromatic hydroxyl groups is 1. The quantitative estimate of drug-likeness (QED) is 0.171. The summed E-state index contributed by atoms with van der Waals surface area (Å²) in [5.74, 6) is 0.293. The molecule has 12 heteroatoms. The molecule has 0 atom stereocenters. The molecule has 0 unspecified atom stereocenters. The van der Waals surface area contributed by atoms with E-state index in [-0.39, 0.29) is 22.9 Å². The second-order valence-corrected chi connectivity index (χ2v) is 9.42. The number of hydrogen-bond acceptors (Lipinski definition) is 8. The van der Waals surface area contributed by atoms with Crippen LogP contribution in [0.25, 0.3) is 10.9 Å². The van der Waals surface area contributed by atoms with Crippen LogP contribution in [-0.4, -0.2) is 30.5 Å². The summed E-state index contributed by atoms with van der Waals surface area (Å²) >= 11 is 0. The summed E-state index contributed by atoms with van der Waals surface area (Å²) in [7, 11) is -2.82. The Morgan fingerprint density at radius 1 is 1.06 bits per heavy atom. The van der Waals surface area contributed by atoms with Gasteiger partial charge >= 0.3 is 0 Å². The van der Waals surface area contributed by atoms with Crippen LogP contribution in [0.4, 0.5) is 22.7 Å². The van der Waals surface area contributed by atoms with Crippen molar-refractivity contribution in [1.29, 1.82) is 0 Å². The molecule has 0 fully saturated rings. The van der Waals surface area contributed by atoms with Gasteiger partial charge in [0.15, 0.2) is 5.69 Å². The molecule has 3 N–H and O–H groups in total. The van der Waals surface area contributed by atoms with Gasteiger partial charge in [-0.1, -0.05) is 11.6 Å². The molecule has 0 bridgehead atoms. The predicted octanol–water partition coefficient (Wildman–Crippen LogP) is 5.62. The molecule has 35 heavy (non-hydrogen) atoms. The maximum Gasteiger partial charge on any atom is 0.270 e. The molecule has 1 heterocycles. The van der Waals surface area contributed by atoms with Gasteiger partial charge in [0.25, 0.3) is 15.7 Å². The molecule has 0 aliphatic carbocycles. The lowest BCUT2D eigenvalue weighted by molar-refractivity contribution is -0.385. The van der Waals surface area contributed by atoms with Gasteiger partial charge in [-0.2, -0.15) is 0 Å². The Morgan fingerprint density at radius 2 is 1.77 bits per heavy atom. The van der Waals surface area contributed by atoms with E-state index in [4.69, 9.17) is 4.74 Å². The Hall–Kier alpha value is -4.45. The van der Waals surface area contributed by atoms with E-state index in [0.717, 1.165) is 23.3 Å². The van der Waals surface area contributed by atoms with Crippen molar-refractivity contribution >= 4 is 43.7 Å². The van der Waals surface area contributed by atoms with Crippen LogP contribution in [0.15, 0.2) is 69.7 Å². The van der Waals surface area contributed by atoms with Crippen LogP contribution in [0.5, 0.6) is 11.6 Å². The van der Waals surface area contributed by atoms with Crippen LogP contribution in [0.3, 0.4) is 0 Å². The summed E-state index contributed by atoms with van der Waals surface area (Å²) in [4.78, 5) is 13.0. The zero-order valence-corrected chi connectivity index (χ0v) is 19.8. The third-order valence-electron chi connectivity index (χ3n) is 5.25. The molecular formula is C23H21N5O6S. The molecule has 0 spiro atoms. The van der Waals surface area contributed by atoms with Crippen LogP contribution in [0.1, 0.15) is 11.1 Å². The highest BCUT2D eigenvalue weighted by molar-refractivity contribution is 7.92. The number of anilines is 1. The van der Waals surface area contributed by atoms with Crippen LogP contribution in [0.2, 0.25) is 0 Å². The highest BCUT2D eigenvalue weighted by atomic mass is 32.2. The fourth-order valence-electron chi connectivity index (χ4n) is 3.61. The monoisotopic (exact) mass is 495 g/mol. The molecule has 0 aliphatic heterocycles. The number of non-ortho nitro benzene ring substituents is 1. The molecule has 0 saturated heterocycles. The van der Waals surface area contributed by atoms with Crippen molar-refractivity contribution in [3.63, 3.8) is 0 Å². The topological polar surface area (TPSA) is 159 Å². The van der Waals surface area contributed by atoms with E-state index in [2.05, 4.69) is 19.9 Å². The number of nitro benzene ring substituents is 1. The van der Waals surface area contributed by atoms with E-state index in [1.54, 1.807) is 12.1 Å². The molecule has 0 amide bonds. The van der Waals surface area contributed by atoms with Crippen molar-refractivity contribution in [2.75, 3.05) is 11.8 Å². The first-order chi connectivity index (χ1) is 16.6. The second-order valence-electron chi connectivity index (χ2n) is 7.77. The van der Waals surface area contributed by atoms with Crippen molar-refractivity contribution in [2.45, 2.75) is 18.7 Å². The van der Waals surface area contributed by atoms with Crippen LogP contribution in [0, 0.1) is 24.0 Å². The molecule has 0 aliphatic rings. The molecule has 0 radical (unpaired) electrons. The highest BCUT2D eigenvalue weighted by Crippen LogP contribution is 2.39. The lowest BCUT2D eigenvalue weighted by Crippen LogP contribution is -2.13. The molecule has 3 aromatic carbocycles. The minimum absolute atomic E-state index is 0.122. The van der Waals surface area contributed by atoms with Crippen molar-refractivity contribution in [3.05, 3.63) is 75.8 Å². The van der Waals surface area contributed by atoms with Crippen LogP contribution >= 0.6 is 0 Å². The number of fused-ring (bicyclic) bond motifs is 1. The summed E-state index contributed by atoms with van der Waals surface area (Å²) in [5.41, 5.74) is 2.26. The molecule has 4 rings (SSSR count). The average Bonchev–Trinajstić information content (AvgIpc) is 3.13. The number of nitrogens with zero attached hydrogens (tertiary/aromatic N) is 3. The summed E-state index contributed by atoms with van der Waals surface area (Å²) < 4.78 is 33.8. The number of H-pyrrole nitrogens is 1. The maximum atomic E-state index is 13.2. The van der Waals surface area contributed by atoms with E-state index < -0.39 is 25.5 Å². The lowest BCUT2D eigenvalue weighted by atomic mass is 10.1. The Kier molecular flexibility index (Phi) is 6.14. The van der Waals surface area contributed by atoms with E-state index >= 15 is 0 Å². The fourth-order valence-corrected chi connectivity index (χ4v) is 4.83. The Balaban J connectivity index is 1.79. The van der Waals surface area contributed by atoms with Crippen LogP contribution < -0.4 is 9.46 Å². The molecule has 0 saturated carbocycles. The van der Waals surface area contributed by atoms with Crippen molar-refractivity contribution < 1.29 is 23.2 Å². The fraction of sp³-hybridized carbons (Fsp3) is 0.130. The highest BCUT2D eigenvalue weighted by Gasteiger charge is 2.23. The number of benzene rings is 3. The minimum Gasteiger partial charge on any atom is -0.497 e. The number of azo groups is 1. The number of aromatic nitrogens is 1. The van der Waals surface area contributed by atoms with Crippen LogP contribution in [-0.2, 0) is 10.0 Å². The van der Waals surface area contributed by atoms with E-state index in [9.17, 15) is 23.6 Å². The van der Waals surface area contributed by atoms with Crippen molar-refractivity contribution in [1.82, 2.24) is 4.98 Å². The third kappa shape index (κ3) is 4.77. The summed E-state index contributed by atoms with van der Waals surface area (Å²) in [6.07, 6.45) is 0. The van der Waals surface area contributed by atoms with E-state index in [0.29, 0.717) is 16.7 Å². The number of hydrogen-bond donors (Lipinski definition) is 3. The molecule has 4 aromatic rings.